The van der Waals surface area contributed by atoms with Crippen molar-refractivity contribution in [2.24, 2.45) is 0 Å². The molecule has 3 rings (SSSR count). The number of aromatic nitrogens is 2. The van der Waals surface area contributed by atoms with Crippen LogP contribution in [0, 0.1) is 0 Å². The Morgan fingerprint density at radius 3 is 2.48 bits per heavy atom. The summed E-state index contributed by atoms with van der Waals surface area (Å²) in [6.45, 7) is 2.03. The summed E-state index contributed by atoms with van der Waals surface area (Å²) in [5.74, 6) is 0.286. The van der Waals surface area contributed by atoms with E-state index in [9.17, 15) is 4.79 Å². The van der Waals surface area contributed by atoms with Crippen molar-refractivity contribution in [2.45, 2.75) is 6.92 Å². The van der Waals surface area contributed by atoms with Crippen LogP contribution >= 0.6 is 23.2 Å². The number of ether oxygens (including phenoxy) is 2. The lowest BCUT2D eigenvalue weighted by Crippen LogP contribution is -2.05. The highest BCUT2D eigenvalue weighted by Gasteiger charge is 2.17. The Labute approximate surface area is 166 Å². The first-order valence-corrected chi connectivity index (χ1v) is 8.92. The zero-order valence-electron chi connectivity index (χ0n) is 14.7. The predicted octanol–water partition coefficient (Wildman–Crippen LogP) is 5.30. The molecule has 0 saturated carbocycles. The summed E-state index contributed by atoms with van der Waals surface area (Å²) < 4.78 is 10.3. The van der Waals surface area contributed by atoms with Crippen LogP contribution in [0.4, 0.5) is 0 Å². The third-order valence-corrected chi connectivity index (χ3v) is 4.35. The minimum absolute atomic E-state index is 0.244. The fraction of sp³-hybridized carbons (Fsp3) is 0.150. The zero-order chi connectivity index (χ0) is 19.4. The van der Waals surface area contributed by atoms with Crippen molar-refractivity contribution >= 4 is 29.2 Å². The van der Waals surface area contributed by atoms with Gasteiger partial charge in [-0.2, -0.15) is 0 Å². The lowest BCUT2D eigenvalue weighted by molar-refractivity contribution is 0.0526. The van der Waals surface area contributed by atoms with Crippen molar-refractivity contribution in [3.8, 4) is 28.0 Å². The largest absolute Gasteiger partial charge is 0.497 e. The smallest absolute Gasteiger partial charge is 0.339 e. The summed E-state index contributed by atoms with van der Waals surface area (Å²) in [7, 11) is 1.60. The number of benzene rings is 1. The van der Waals surface area contributed by atoms with E-state index in [-0.39, 0.29) is 16.9 Å². The topological polar surface area (TPSA) is 61.3 Å². The summed E-state index contributed by atoms with van der Waals surface area (Å²) in [4.78, 5) is 20.4. The van der Waals surface area contributed by atoms with Gasteiger partial charge in [-0.3, -0.25) is 4.98 Å². The average Bonchev–Trinajstić information content (AvgIpc) is 2.68. The third-order valence-electron chi connectivity index (χ3n) is 3.88. The fourth-order valence-corrected chi connectivity index (χ4v) is 3.20. The monoisotopic (exact) mass is 402 g/mol. The number of halogens is 2. The maximum atomic E-state index is 12.0. The number of esters is 1. The van der Waals surface area contributed by atoms with Gasteiger partial charge in [-0.1, -0.05) is 35.3 Å². The van der Waals surface area contributed by atoms with Crippen LogP contribution < -0.4 is 4.74 Å². The Balaban J connectivity index is 2.15. The summed E-state index contributed by atoms with van der Waals surface area (Å²) in [5.41, 5.74) is 3.26. The maximum Gasteiger partial charge on any atom is 0.339 e. The molecule has 5 nitrogen and oxygen atoms in total. The van der Waals surface area contributed by atoms with Gasteiger partial charge in [-0.15, -0.1) is 0 Å². The van der Waals surface area contributed by atoms with E-state index in [2.05, 4.69) is 9.97 Å². The molecule has 2 aromatic heterocycles. The molecule has 0 amide bonds. The van der Waals surface area contributed by atoms with Crippen LogP contribution in [-0.4, -0.2) is 29.7 Å². The molecule has 0 aliphatic carbocycles. The molecule has 0 aliphatic heterocycles. The number of carbonyl (C=O) groups is 1. The molecular weight excluding hydrogens is 387 g/mol. The third kappa shape index (κ3) is 4.21. The Morgan fingerprint density at radius 2 is 1.81 bits per heavy atom. The van der Waals surface area contributed by atoms with Gasteiger partial charge in [-0.25, -0.2) is 9.78 Å². The highest BCUT2D eigenvalue weighted by Crippen LogP contribution is 2.38. The number of methoxy groups -OCH3 is 1. The second kappa shape index (κ2) is 8.37. The number of rotatable bonds is 5. The summed E-state index contributed by atoms with van der Waals surface area (Å²) in [6.07, 6.45) is 3.09. The second-order valence-corrected chi connectivity index (χ2v) is 6.31. The molecule has 0 bridgehead atoms. The standard InChI is InChI=1S/C20H16Cl2N2O3/c1-3-27-20(25)14-8-13(10-23-11-14)16-9-17(21)24-19(22)18(16)12-4-6-15(26-2)7-5-12/h4-11H,3H2,1-2H3. The molecule has 1 aromatic carbocycles. The van der Waals surface area contributed by atoms with Crippen LogP contribution in [0.15, 0.2) is 48.8 Å². The van der Waals surface area contributed by atoms with Gasteiger partial charge in [0.25, 0.3) is 0 Å². The predicted molar refractivity (Wildman–Crippen MR) is 105 cm³/mol. The first-order valence-electron chi connectivity index (χ1n) is 8.16. The molecule has 138 valence electrons. The Kier molecular flexibility index (Phi) is 5.94. The van der Waals surface area contributed by atoms with E-state index >= 15 is 0 Å². The SMILES string of the molecule is CCOC(=O)c1cncc(-c2cc(Cl)nc(Cl)c2-c2ccc(OC)cc2)c1. The Morgan fingerprint density at radius 1 is 1.07 bits per heavy atom. The van der Waals surface area contributed by atoms with Crippen LogP contribution in [0.2, 0.25) is 10.3 Å². The highest BCUT2D eigenvalue weighted by molar-refractivity contribution is 6.35. The molecule has 2 heterocycles. The van der Waals surface area contributed by atoms with Crippen molar-refractivity contribution in [1.82, 2.24) is 9.97 Å². The number of hydrogen-bond donors (Lipinski definition) is 0. The van der Waals surface area contributed by atoms with Gasteiger partial charge in [0.2, 0.25) is 0 Å². The van der Waals surface area contributed by atoms with E-state index in [4.69, 9.17) is 32.7 Å². The van der Waals surface area contributed by atoms with Crippen molar-refractivity contribution in [3.05, 3.63) is 64.7 Å². The molecule has 0 unspecified atom stereocenters. The van der Waals surface area contributed by atoms with Crippen LogP contribution in [-0.2, 0) is 4.74 Å². The van der Waals surface area contributed by atoms with E-state index in [1.54, 1.807) is 32.4 Å². The lowest BCUT2D eigenvalue weighted by atomic mass is 9.96. The molecule has 27 heavy (non-hydrogen) atoms. The fourth-order valence-electron chi connectivity index (χ4n) is 2.66. The zero-order valence-corrected chi connectivity index (χ0v) is 16.2. The van der Waals surface area contributed by atoms with Gasteiger partial charge in [0.05, 0.1) is 19.3 Å². The summed E-state index contributed by atoms with van der Waals surface area (Å²) in [5, 5.41) is 0.498. The lowest BCUT2D eigenvalue weighted by Gasteiger charge is -2.13. The van der Waals surface area contributed by atoms with Gasteiger partial charge in [0.1, 0.15) is 16.1 Å². The molecule has 0 atom stereocenters. The molecule has 0 fully saturated rings. The molecule has 3 aromatic rings. The van der Waals surface area contributed by atoms with E-state index in [0.717, 1.165) is 11.3 Å². The molecule has 0 aliphatic rings. The van der Waals surface area contributed by atoms with Crippen LogP contribution in [0.5, 0.6) is 5.75 Å². The second-order valence-electron chi connectivity index (χ2n) is 5.57. The quantitative estimate of drug-likeness (QED) is 0.427. The molecular formula is C20H16Cl2N2O3. The van der Waals surface area contributed by atoms with Crippen LogP contribution in [0.1, 0.15) is 17.3 Å². The minimum Gasteiger partial charge on any atom is -0.497 e. The molecule has 0 spiro atoms. The van der Waals surface area contributed by atoms with Crippen molar-refractivity contribution in [3.63, 3.8) is 0 Å². The van der Waals surface area contributed by atoms with E-state index in [1.807, 2.05) is 24.3 Å². The van der Waals surface area contributed by atoms with Crippen molar-refractivity contribution in [2.75, 3.05) is 13.7 Å². The Bertz CT molecular complexity index is 975. The van der Waals surface area contributed by atoms with Gasteiger partial charge >= 0.3 is 5.97 Å². The number of pyridine rings is 2. The van der Waals surface area contributed by atoms with Crippen molar-refractivity contribution in [1.29, 1.82) is 0 Å². The van der Waals surface area contributed by atoms with Gasteiger partial charge < -0.3 is 9.47 Å². The van der Waals surface area contributed by atoms with Crippen LogP contribution in [0.3, 0.4) is 0 Å². The summed E-state index contributed by atoms with van der Waals surface area (Å²) in [6, 6.07) is 10.8. The molecule has 0 saturated heterocycles. The molecule has 0 radical (unpaired) electrons. The van der Waals surface area contributed by atoms with E-state index in [1.165, 1.54) is 6.20 Å². The van der Waals surface area contributed by atoms with E-state index < -0.39 is 5.97 Å². The van der Waals surface area contributed by atoms with Gasteiger partial charge in [0, 0.05) is 23.5 Å². The first-order chi connectivity index (χ1) is 13.0. The summed E-state index contributed by atoms with van der Waals surface area (Å²) >= 11 is 12.5. The number of carbonyl (C=O) groups excluding carboxylic acids is 1. The minimum atomic E-state index is -0.441. The van der Waals surface area contributed by atoms with Gasteiger partial charge in [-0.05, 0) is 42.3 Å². The number of hydrogen-bond acceptors (Lipinski definition) is 5. The Hall–Kier alpha value is -2.63. The normalized spacial score (nSPS) is 10.5. The van der Waals surface area contributed by atoms with Crippen molar-refractivity contribution < 1.29 is 14.3 Å². The first kappa shape index (κ1) is 19.1. The van der Waals surface area contributed by atoms with E-state index in [0.29, 0.717) is 22.3 Å². The van der Waals surface area contributed by atoms with Crippen LogP contribution in [0.25, 0.3) is 22.3 Å². The maximum absolute atomic E-state index is 12.0. The molecule has 7 heteroatoms. The average molecular weight is 403 g/mol. The highest BCUT2D eigenvalue weighted by atomic mass is 35.5. The number of nitrogens with zero attached hydrogens (tertiary/aromatic N) is 2. The molecule has 0 N–H and O–H groups in total. The van der Waals surface area contributed by atoms with Gasteiger partial charge in [0.15, 0.2) is 0 Å².